The summed E-state index contributed by atoms with van der Waals surface area (Å²) < 4.78 is 4.72. The maximum Gasteiger partial charge on any atom is 0.325 e. The summed E-state index contributed by atoms with van der Waals surface area (Å²) in [6.07, 6.45) is 0. The number of rotatable bonds is 4. The number of amides is 1. The Bertz CT molecular complexity index is 658. The Kier molecular flexibility index (Phi) is 4.53. The van der Waals surface area contributed by atoms with Crippen LogP contribution in [-0.2, 0) is 9.53 Å². The van der Waals surface area contributed by atoms with Crippen molar-refractivity contribution >= 4 is 34.4 Å². The van der Waals surface area contributed by atoms with E-state index >= 15 is 0 Å². The third-order valence-corrected chi connectivity index (χ3v) is 2.91. The first-order valence-corrected chi connectivity index (χ1v) is 6.48. The van der Waals surface area contributed by atoms with Gasteiger partial charge in [0.25, 0.3) is 5.91 Å². The number of esters is 1. The number of aromatic nitrogens is 1. The number of nitrogens with zero attached hydrogens (tertiary/aromatic N) is 1. The molecule has 5 nitrogen and oxygen atoms in total. The van der Waals surface area contributed by atoms with E-state index in [1.54, 1.807) is 13.0 Å². The Morgan fingerprint density at radius 1 is 1.35 bits per heavy atom. The number of carbonyl (C=O) groups is 2. The van der Waals surface area contributed by atoms with Crippen LogP contribution >= 0.6 is 11.6 Å². The van der Waals surface area contributed by atoms with Crippen LogP contribution in [0.3, 0.4) is 0 Å². The van der Waals surface area contributed by atoms with Crippen molar-refractivity contribution in [2.75, 3.05) is 13.2 Å². The van der Waals surface area contributed by atoms with Gasteiger partial charge in [0.1, 0.15) is 12.2 Å². The van der Waals surface area contributed by atoms with Crippen LogP contribution in [0.4, 0.5) is 0 Å². The predicted octanol–water partition coefficient (Wildman–Crippen LogP) is 2.18. The van der Waals surface area contributed by atoms with Gasteiger partial charge in [-0.2, -0.15) is 0 Å². The van der Waals surface area contributed by atoms with Crippen molar-refractivity contribution in [1.82, 2.24) is 10.3 Å². The maximum absolute atomic E-state index is 11.9. The van der Waals surface area contributed by atoms with Crippen molar-refractivity contribution in [2.45, 2.75) is 6.92 Å². The lowest BCUT2D eigenvalue weighted by atomic mass is 10.2. The summed E-state index contributed by atoms with van der Waals surface area (Å²) in [5.41, 5.74) is 0.791. The average Bonchev–Trinajstić information content (AvgIpc) is 2.45. The molecule has 6 heteroatoms. The molecule has 0 aliphatic heterocycles. The van der Waals surface area contributed by atoms with Gasteiger partial charge in [-0.1, -0.05) is 29.8 Å². The van der Waals surface area contributed by atoms with Gasteiger partial charge in [0.05, 0.1) is 17.1 Å². The fourth-order valence-corrected chi connectivity index (χ4v) is 1.97. The van der Waals surface area contributed by atoms with Crippen molar-refractivity contribution in [3.8, 4) is 0 Å². The minimum Gasteiger partial charge on any atom is -0.465 e. The summed E-state index contributed by atoms with van der Waals surface area (Å²) in [6.45, 7) is 1.78. The number of benzene rings is 1. The zero-order chi connectivity index (χ0) is 14.5. The van der Waals surface area contributed by atoms with Crippen LogP contribution in [0.5, 0.6) is 0 Å². The quantitative estimate of drug-likeness (QED) is 0.877. The molecule has 0 saturated carbocycles. The molecule has 2 rings (SSSR count). The summed E-state index contributed by atoms with van der Waals surface area (Å²) in [4.78, 5) is 27.3. The van der Waals surface area contributed by atoms with Crippen LogP contribution in [0.25, 0.3) is 10.9 Å². The highest BCUT2D eigenvalue weighted by atomic mass is 35.5. The van der Waals surface area contributed by atoms with E-state index in [2.05, 4.69) is 10.3 Å². The molecule has 0 fully saturated rings. The summed E-state index contributed by atoms with van der Waals surface area (Å²) >= 11 is 6.11. The first-order chi connectivity index (χ1) is 9.61. The molecule has 1 amide bonds. The van der Waals surface area contributed by atoms with E-state index < -0.39 is 11.9 Å². The van der Waals surface area contributed by atoms with Crippen LogP contribution in [0, 0.1) is 0 Å². The molecule has 0 radical (unpaired) electrons. The second-order valence-electron chi connectivity index (χ2n) is 3.99. The Labute approximate surface area is 120 Å². The Hall–Kier alpha value is -2.14. The number of para-hydroxylation sites is 1. The number of carbonyl (C=O) groups excluding carboxylic acids is 2. The molecule has 0 unspecified atom stereocenters. The normalized spacial score (nSPS) is 10.3. The van der Waals surface area contributed by atoms with Gasteiger partial charge in [0.2, 0.25) is 0 Å². The molecule has 1 aromatic carbocycles. The van der Waals surface area contributed by atoms with Crippen LogP contribution in [0.2, 0.25) is 5.02 Å². The third kappa shape index (κ3) is 3.24. The van der Waals surface area contributed by atoms with Crippen LogP contribution < -0.4 is 5.32 Å². The molecule has 1 heterocycles. The number of halogens is 1. The van der Waals surface area contributed by atoms with Gasteiger partial charge >= 0.3 is 5.97 Å². The summed E-state index contributed by atoms with van der Waals surface area (Å²) in [5, 5.41) is 3.66. The van der Waals surface area contributed by atoms with Gasteiger partial charge < -0.3 is 10.1 Å². The lowest BCUT2D eigenvalue weighted by Crippen LogP contribution is -2.31. The fraction of sp³-hybridized carbons (Fsp3) is 0.214. The van der Waals surface area contributed by atoms with E-state index in [1.807, 2.05) is 18.2 Å². The van der Waals surface area contributed by atoms with Gasteiger partial charge in [-0.3, -0.25) is 9.59 Å². The largest absolute Gasteiger partial charge is 0.465 e. The molecule has 20 heavy (non-hydrogen) atoms. The molecule has 2 aromatic rings. The van der Waals surface area contributed by atoms with Crippen molar-refractivity contribution in [2.24, 2.45) is 0 Å². The van der Waals surface area contributed by atoms with Crippen molar-refractivity contribution < 1.29 is 14.3 Å². The van der Waals surface area contributed by atoms with E-state index in [4.69, 9.17) is 16.3 Å². The van der Waals surface area contributed by atoms with Crippen molar-refractivity contribution in [3.63, 3.8) is 0 Å². The van der Waals surface area contributed by atoms with E-state index in [9.17, 15) is 9.59 Å². The van der Waals surface area contributed by atoms with Crippen molar-refractivity contribution in [3.05, 3.63) is 41.0 Å². The maximum atomic E-state index is 11.9. The monoisotopic (exact) mass is 292 g/mol. The molecular weight excluding hydrogens is 280 g/mol. The van der Waals surface area contributed by atoms with Gasteiger partial charge in [-0.05, 0) is 19.1 Å². The molecule has 0 saturated heterocycles. The average molecular weight is 293 g/mol. The highest BCUT2D eigenvalue weighted by Crippen LogP contribution is 2.22. The first-order valence-electron chi connectivity index (χ1n) is 6.11. The number of ether oxygens (including phenoxy) is 1. The smallest absolute Gasteiger partial charge is 0.325 e. The lowest BCUT2D eigenvalue weighted by molar-refractivity contribution is -0.141. The standard InChI is InChI=1S/C14H13ClN2O3/c1-2-20-13(18)8-16-14(19)12-7-10(15)9-5-3-4-6-11(9)17-12/h3-7H,2,8H2,1H3,(H,16,19). The molecule has 0 bridgehead atoms. The van der Waals surface area contributed by atoms with E-state index in [1.165, 1.54) is 6.07 Å². The topological polar surface area (TPSA) is 68.3 Å². The summed E-state index contributed by atoms with van der Waals surface area (Å²) in [6, 6.07) is 8.72. The van der Waals surface area contributed by atoms with Gasteiger partial charge in [-0.15, -0.1) is 0 Å². The Morgan fingerprint density at radius 3 is 2.85 bits per heavy atom. The van der Waals surface area contributed by atoms with Gasteiger partial charge in [0.15, 0.2) is 0 Å². The van der Waals surface area contributed by atoms with E-state index in [0.717, 1.165) is 5.39 Å². The molecule has 1 N–H and O–H groups in total. The number of hydrogen-bond acceptors (Lipinski definition) is 4. The summed E-state index contributed by atoms with van der Waals surface area (Å²) in [5.74, 6) is -0.960. The molecular formula is C14H13ClN2O3. The molecule has 0 aliphatic carbocycles. The minimum absolute atomic E-state index is 0.165. The molecule has 0 spiro atoms. The second-order valence-corrected chi connectivity index (χ2v) is 4.40. The lowest BCUT2D eigenvalue weighted by Gasteiger charge is -2.06. The number of hydrogen-bond donors (Lipinski definition) is 1. The molecule has 0 aliphatic rings. The number of fused-ring (bicyclic) bond motifs is 1. The Morgan fingerprint density at radius 2 is 2.10 bits per heavy atom. The highest BCUT2D eigenvalue weighted by Gasteiger charge is 2.12. The van der Waals surface area contributed by atoms with E-state index in [0.29, 0.717) is 10.5 Å². The van der Waals surface area contributed by atoms with Crippen LogP contribution in [-0.4, -0.2) is 30.0 Å². The fourth-order valence-electron chi connectivity index (χ4n) is 1.70. The zero-order valence-electron chi connectivity index (χ0n) is 10.9. The Balaban J connectivity index is 2.16. The predicted molar refractivity (Wildman–Crippen MR) is 75.7 cm³/mol. The van der Waals surface area contributed by atoms with E-state index in [-0.39, 0.29) is 18.8 Å². The molecule has 0 atom stereocenters. The van der Waals surface area contributed by atoms with Crippen LogP contribution in [0.15, 0.2) is 30.3 Å². The molecule has 1 aromatic heterocycles. The third-order valence-electron chi connectivity index (χ3n) is 2.60. The minimum atomic E-state index is -0.493. The highest BCUT2D eigenvalue weighted by molar-refractivity contribution is 6.35. The summed E-state index contributed by atoms with van der Waals surface area (Å²) in [7, 11) is 0. The first kappa shape index (κ1) is 14.3. The number of nitrogens with one attached hydrogen (secondary N) is 1. The zero-order valence-corrected chi connectivity index (χ0v) is 11.6. The van der Waals surface area contributed by atoms with Crippen molar-refractivity contribution in [1.29, 1.82) is 0 Å². The number of pyridine rings is 1. The second kappa shape index (κ2) is 6.34. The van der Waals surface area contributed by atoms with Gasteiger partial charge in [0, 0.05) is 5.39 Å². The van der Waals surface area contributed by atoms with Gasteiger partial charge in [-0.25, -0.2) is 4.98 Å². The molecule has 104 valence electrons. The van der Waals surface area contributed by atoms with Crippen LogP contribution in [0.1, 0.15) is 17.4 Å². The SMILES string of the molecule is CCOC(=O)CNC(=O)c1cc(Cl)c2ccccc2n1.